The van der Waals surface area contributed by atoms with E-state index in [1.54, 1.807) is 0 Å². The molecule has 2 amide bonds. The number of aliphatic hydroxyl groups is 2. The Balaban J connectivity index is 1.18. The van der Waals surface area contributed by atoms with Gasteiger partial charge in [0.15, 0.2) is 0 Å². The second-order valence-corrected chi connectivity index (χ2v) is 14.6. The van der Waals surface area contributed by atoms with Crippen LogP contribution in [0.5, 0.6) is 0 Å². The highest BCUT2D eigenvalue weighted by Crippen LogP contribution is 2.31. The van der Waals surface area contributed by atoms with Gasteiger partial charge < -0.3 is 30.3 Å². The molecule has 6 aromatic rings. The van der Waals surface area contributed by atoms with E-state index >= 15 is 0 Å². The lowest BCUT2D eigenvalue weighted by Gasteiger charge is -2.32. The maximum atomic E-state index is 14.2. The molecule has 6 rings (SSSR count). The zero-order chi connectivity index (χ0) is 40.0. The van der Waals surface area contributed by atoms with Gasteiger partial charge in [-0.2, -0.15) is 0 Å². The first-order chi connectivity index (χ1) is 27.7. The van der Waals surface area contributed by atoms with Crippen molar-refractivity contribution in [2.75, 3.05) is 13.2 Å². The van der Waals surface area contributed by atoms with Crippen LogP contribution >= 0.6 is 0 Å². The van der Waals surface area contributed by atoms with Crippen LogP contribution in [0, 0.1) is 5.41 Å². The highest BCUT2D eigenvalue weighted by Gasteiger charge is 2.40. The molecule has 0 aliphatic carbocycles. The number of amides is 2. The monoisotopic (exact) mass is 762 g/mol. The summed E-state index contributed by atoms with van der Waals surface area (Å²) < 4.78 is 12.8. The number of hydrogen-bond acceptors (Lipinski definition) is 6. The molecule has 0 saturated carbocycles. The molecule has 8 nitrogen and oxygen atoms in total. The van der Waals surface area contributed by atoms with Crippen LogP contribution in [0.15, 0.2) is 182 Å². The standard InChI is InChI=1S/C49H50N2O6/c1-49(2,47(54)50-43(35-21-9-3-10-22-35)41(52)33-56-45(37-25-13-5-14-26-37)38-27-15-6-16-28-38)48(55)51-44(36-23-11-4-12-24-36)42(53)34-57-46(39-29-17-7-18-30-39)40-31-19-8-20-32-40/h3-32,41-46,52-53H,33-34H2,1-2H3,(H,50,54)(H,51,55)/t41-,42-,43+,44+/m0/s1. The summed E-state index contributed by atoms with van der Waals surface area (Å²) in [6, 6.07) is 55.4. The van der Waals surface area contributed by atoms with Gasteiger partial charge in [-0.25, -0.2) is 0 Å². The Morgan fingerprint density at radius 1 is 0.439 bits per heavy atom. The summed E-state index contributed by atoms with van der Waals surface area (Å²) in [4.78, 5) is 28.4. The molecule has 4 atom stereocenters. The molecule has 0 fully saturated rings. The van der Waals surface area contributed by atoms with E-state index in [9.17, 15) is 19.8 Å². The first-order valence-electron chi connectivity index (χ1n) is 19.2. The summed E-state index contributed by atoms with van der Waals surface area (Å²) in [6.07, 6.45) is -3.28. The lowest BCUT2D eigenvalue weighted by Crippen LogP contribution is -2.52. The lowest BCUT2D eigenvalue weighted by atomic mass is 9.88. The van der Waals surface area contributed by atoms with Gasteiger partial charge in [0.25, 0.3) is 0 Å². The van der Waals surface area contributed by atoms with Crippen LogP contribution in [0.3, 0.4) is 0 Å². The van der Waals surface area contributed by atoms with Crippen molar-refractivity contribution < 1.29 is 29.3 Å². The number of carbonyl (C=O) groups excluding carboxylic acids is 2. The highest BCUT2D eigenvalue weighted by molar-refractivity contribution is 6.04. The summed E-state index contributed by atoms with van der Waals surface area (Å²) >= 11 is 0. The van der Waals surface area contributed by atoms with Crippen molar-refractivity contribution in [2.45, 2.75) is 50.3 Å². The topological polar surface area (TPSA) is 117 Å². The largest absolute Gasteiger partial charge is 0.388 e. The van der Waals surface area contributed by atoms with E-state index in [4.69, 9.17) is 9.47 Å². The Morgan fingerprint density at radius 3 is 0.912 bits per heavy atom. The van der Waals surface area contributed by atoms with Crippen LogP contribution in [-0.4, -0.2) is 47.4 Å². The van der Waals surface area contributed by atoms with E-state index in [2.05, 4.69) is 10.6 Å². The zero-order valence-corrected chi connectivity index (χ0v) is 32.2. The Bertz CT molecular complexity index is 1870. The Labute approximate surface area is 335 Å². The second-order valence-electron chi connectivity index (χ2n) is 14.6. The van der Waals surface area contributed by atoms with Crippen LogP contribution in [0.25, 0.3) is 0 Å². The third-order valence-corrected chi connectivity index (χ3v) is 10.1. The first kappa shape index (κ1) is 40.8. The van der Waals surface area contributed by atoms with Crippen LogP contribution in [-0.2, 0) is 19.1 Å². The second kappa shape index (κ2) is 19.8. The van der Waals surface area contributed by atoms with Crippen molar-refractivity contribution in [3.63, 3.8) is 0 Å². The van der Waals surface area contributed by atoms with Gasteiger partial charge in [0.1, 0.15) is 29.8 Å². The average molecular weight is 763 g/mol. The molecule has 0 aliphatic rings. The van der Waals surface area contributed by atoms with Crippen LogP contribution < -0.4 is 10.6 Å². The van der Waals surface area contributed by atoms with Crippen molar-refractivity contribution in [1.29, 1.82) is 0 Å². The Kier molecular flexibility index (Phi) is 14.2. The first-order valence-corrected chi connectivity index (χ1v) is 19.2. The quantitative estimate of drug-likeness (QED) is 0.0659. The van der Waals surface area contributed by atoms with E-state index in [1.165, 1.54) is 13.8 Å². The Morgan fingerprint density at radius 2 is 0.667 bits per heavy atom. The number of ether oxygens (including phenoxy) is 2. The molecule has 57 heavy (non-hydrogen) atoms. The molecule has 6 aromatic carbocycles. The molecule has 0 unspecified atom stereocenters. The van der Waals surface area contributed by atoms with Gasteiger partial charge in [-0.3, -0.25) is 9.59 Å². The fraction of sp³-hybridized carbons (Fsp3) is 0.224. The minimum absolute atomic E-state index is 0.115. The zero-order valence-electron chi connectivity index (χ0n) is 32.2. The summed E-state index contributed by atoms with van der Waals surface area (Å²) in [5, 5.41) is 29.3. The minimum atomic E-state index is -1.63. The molecule has 0 radical (unpaired) electrons. The number of hydrogen-bond donors (Lipinski definition) is 4. The van der Waals surface area contributed by atoms with Gasteiger partial charge in [-0.15, -0.1) is 0 Å². The fourth-order valence-electron chi connectivity index (χ4n) is 6.73. The van der Waals surface area contributed by atoms with Gasteiger partial charge in [0.05, 0.1) is 25.3 Å². The number of rotatable bonds is 18. The molecular weight excluding hydrogens is 713 g/mol. The normalized spacial score (nSPS) is 13.7. The van der Waals surface area contributed by atoms with Crippen molar-refractivity contribution in [2.24, 2.45) is 5.41 Å². The van der Waals surface area contributed by atoms with Crippen molar-refractivity contribution in [1.82, 2.24) is 10.6 Å². The molecule has 0 aliphatic heterocycles. The number of carbonyl (C=O) groups is 2. The molecule has 292 valence electrons. The van der Waals surface area contributed by atoms with Crippen LogP contribution in [0.2, 0.25) is 0 Å². The predicted octanol–water partition coefficient (Wildman–Crippen LogP) is 8.06. The van der Waals surface area contributed by atoms with Crippen LogP contribution in [0.4, 0.5) is 0 Å². The van der Waals surface area contributed by atoms with E-state index in [1.807, 2.05) is 182 Å². The molecular formula is C49H50N2O6. The average Bonchev–Trinajstić information content (AvgIpc) is 3.26. The molecule has 4 N–H and O–H groups in total. The van der Waals surface area contributed by atoms with Gasteiger partial charge in [-0.05, 0) is 47.2 Å². The minimum Gasteiger partial charge on any atom is -0.388 e. The SMILES string of the molecule is CC(C)(C(=O)N[C@H](c1ccccc1)[C@@H](O)COC(c1ccccc1)c1ccccc1)C(=O)N[C@H](c1ccccc1)[C@@H](O)COC(c1ccccc1)c1ccccc1. The maximum Gasteiger partial charge on any atom is 0.235 e. The third kappa shape index (κ3) is 10.7. The van der Waals surface area contributed by atoms with Crippen LogP contribution in [0.1, 0.15) is 71.5 Å². The fourth-order valence-corrected chi connectivity index (χ4v) is 6.73. The third-order valence-electron chi connectivity index (χ3n) is 10.1. The number of aliphatic hydroxyl groups excluding tert-OH is 2. The number of benzene rings is 6. The molecule has 0 heterocycles. The van der Waals surface area contributed by atoms with E-state index in [0.717, 1.165) is 22.3 Å². The molecule has 0 saturated heterocycles. The van der Waals surface area contributed by atoms with E-state index in [0.29, 0.717) is 11.1 Å². The summed E-state index contributed by atoms with van der Waals surface area (Å²) in [6.45, 7) is 2.82. The molecule has 0 spiro atoms. The van der Waals surface area contributed by atoms with Crippen molar-refractivity contribution in [3.8, 4) is 0 Å². The summed E-state index contributed by atoms with van der Waals surface area (Å²) in [5.41, 5.74) is 3.35. The van der Waals surface area contributed by atoms with Gasteiger partial charge in [0.2, 0.25) is 11.8 Å². The van der Waals surface area contributed by atoms with Gasteiger partial charge in [0, 0.05) is 0 Å². The Hall–Kier alpha value is -5.90. The maximum absolute atomic E-state index is 14.2. The predicted molar refractivity (Wildman–Crippen MR) is 222 cm³/mol. The van der Waals surface area contributed by atoms with E-state index < -0.39 is 53.7 Å². The molecule has 8 heteroatoms. The lowest BCUT2D eigenvalue weighted by molar-refractivity contribution is -0.143. The van der Waals surface area contributed by atoms with Crippen molar-refractivity contribution in [3.05, 3.63) is 215 Å². The molecule has 0 aromatic heterocycles. The molecule has 0 bridgehead atoms. The van der Waals surface area contributed by atoms with Gasteiger partial charge >= 0.3 is 0 Å². The van der Waals surface area contributed by atoms with Crippen molar-refractivity contribution >= 4 is 11.8 Å². The smallest absolute Gasteiger partial charge is 0.235 e. The van der Waals surface area contributed by atoms with Gasteiger partial charge in [-0.1, -0.05) is 182 Å². The summed E-state index contributed by atoms with van der Waals surface area (Å²) in [5.74, 6) is -1.22. The highest BCUT2D eigenvalue weighted by atomic mass is 16.5. The summed E-state index contributed by atoms with van der Waals surface area (Å²) in [7, 11) is 0. The van der Waals surface area contributed by atoms with E-state index in [-0.39, 0.29) is 13.2 Å². The number of nitrogens with one attached hydrogen (secondary N) is 2.